The molecule has 0 saturated heterocycles. The average Bonchev–Trinajstić information content (AvgIpc) is 2.58. The van der Waals surface area contributed by atoms with Crippen LogP contribution in [-0.4, -0.2) is 44.5 Å². The van der Waals surface area contributed by atoms with E-state index < -0.39 is 23.8 Å². The van der Waals surface area contributed by atoms with Gasteiger partial charge in [-0.1, -0.05) is 18.2 Å². The van der Waals surface area contributed by atoms with Crippen molar-refractivity contribution in [1.29, 1.82) is 0 Å². The lowest BCUT2D eigenvalue weighted by Crippen LogP contribution is -2.42. The molecule has 1 unspecified atom stereocenters. The van der Waals surface area contributed by atoms with Crippen LogP contribution in [0, 0.1) is 0 Å². The number of amides is 3. The Morgan fingerprint density at radius 3 is 2.74 bits per heavy atom. The first kappa shape index (κ1) is 16.8. The van der Waals surface area contributed by atoms with Crippen LogP contribution < -0.4 is 10.6 Å². The molecule has 1 aliphatic rings. The largest absolute Gasteiger partial charge is 0.385 e. The number of methoxy groups -OCH3 is 1. The molecule has 1 atom stereocenters. The van der Waals surface area contributed by atoms with Crippen LogP contribution in [0.15, 0.2) is 34.5 Å². The van der Waals surface area contributed by atoms with E-state index in [9.17, 15) is 14.4 Å². The fraction of sp³-hybridized carbons (Fsp3) is 0.400. The number of rotatable bonds is 6. The maximum atomic E-state index is 11.7. The van der Waals surface area contributed by atoms with Crippen molar-refractivity contribution in [2.75, 3.05) is 26.8 Å². The first-order valence-corrected chi connectivity index (χ1v) is 7.22. The van der Waals surface area contributed by atoms with Crippen molar-refractivity contribution in [3.63, 3.8) is 0 Å². The molecule has 1 aromatic carbocycles. The molecule has 3 amide bonds. The van der Waals surface area contributed by atoms with Crippen LogP contribution >= 0.6 is 0 Å². The number of fused-ring (bicyclic) bond motifs is 1. The molecule has 122 valence electrons. The summed E-state index contributed by atoms with van der Waals surface area (Å²) in [6.07, 6.45) is 0.627. The molecule has 0 radical (unpaired) electrons. The van der Waals surface area contributed by atoms with Crippen LogP contribution in [0.25, 0.3) is 0 Å². The zero-order valence-corrected chi connectivity index (χ0v) is 12.7. The molecule has 8 nitrogen and oxygen atoms in total. The third-order valence-electron chi connectivity index (χ3n) is 3.31. The maximum Gasteiger partial charge on any atom is 0.309 e. The number of azo groups is 1. The van der Waals surface area contributed by atoms with E-state index in [0.717, 1.165) is 0 Å². The van der Waals surface area contributed by atoms with Gasteiger partial charge in [0.15, 0.2) is 0 Å². The highest BCUT2D eigenvalue weighted by molar-refractivity contribution is 6.35. The number of hydrogen-bond acceptors (Lipinski definition) is 5. The van der Waals surface area contributed by atoms with Crippen LogP contribution in [0.5, 0.6) is 0 Å². The molecule has 0 spiro atoms. The van der Waals surface area contributed by atoms with Gasteiger partial charge in [-0.05, 0) is 18.1 Å². The minimum absolute atomic E-state index is 0.0954. The van der Waals surface area contributed by atoms with Gasteiger partial charge in [-0.2, -0.15) is 5.11 Å². The van der Waals surface area contributed by atoms with E-state index in [2.05, 4.69) is 20.9 Å². The monoisotopic (exact) mass is 318 g/mol. The van der Waals surface area contributed by atoms with Crippen molar-refractivity contribution in [2.24, 2.45) is 10.2 Å². The maximum absolute atomic E-state index is 11.7. The van der Waals surface area contributed by atoms with Gasteiger partial charge in [0.1, 0.15) is 6.04 Å². The molecule has 2 rings (SSSR count). The average molecular weight is 318 g/mol. The van der Waals surface area contributed by atoms with Crippen molar-refractivity contribution in [2.45, 2.75) is 12.5 Å². The van der Waals surface area contributed by atoms with Gasteiger partial charge in [-0.25, -0.2) is 0 Å². The van der Waals surface area contributed by atoms with Gasteiger partial charge in [-0.15, -0.1) is 5.11 Å². The number of ether oxygens (including phenoxy) is 1. The summed E-state index contributed by atoms with van der Waals surface area (Å²) in [6.45, 7) is 0.966. The van der Waals surface area contributed by atoms with E-state index in [1.54, 1.807) is 31.4 Å². The quantitative estimate of drug-likeness (QED) is 0.591. The molecule has 1 aliphatic heterocycles. The summed E-state index contributed by atoms with van der Waals surface area (Å²) in [5.74, 6) is -1.86. The molecule has 1 aromatic rings. The lowest BCUT2D eigenvalue weighted by Gasteiger charge is -2.18. The normalized spacial score (nSPS) is 15.9. The van der Waals surface area contributed by atoms with Crippen LogP contribution in [0.3, 0.4) is 0 Å². The van der Waals surface area contributed by atoms with Gasteiger partial charge in [0, 0.05) is 32.4 Å². The number of carbonyl (C=O) groups excluding carboxylic acids is 3. The zero-order valence-electron chi connectivity index (χ0n) is 12.7. The highest BCUT2D eigenvalue weighted by atomic mass is 16.5. The smallest absolute Gasteiger partial charge is 0.309 e. The second kappa shape index (κ2) is 8.14. The third-order valence-corrected chi connectivity index (χ3v) is 3.31. The zero-order chi connectivity index (χ0) is 16.7. The summed E-state index contributed by atoms with van der Waals surface area (Å²) in [5.41, 5.74) is 1.15. The van der Waals surface area contributed by atoms with Gasteiger partial charge in [0.05, 0.1) is 0 Å². The Labute approximate surface area is 133 Å². The number of benzene rings is 1. The first-order valence-electron chi connectivity index (χ1n) is 7.22. The van der Waals surface area contributed by atoms with Crippen molar-refractivity contribution >= 4 is 17.7 Å². The van der Waals surface area contributed by atoms with Crippen LogP contribution in [0.2, 0.25) is 0 Å². The summed E-state index contributed by atoms with van der Waals surface area (Å²) in [4.78, 5) is 35.0. The Morgan fingerprint density at radius 2 is 1.96 bits per heavy atom. The Morgan fingerprint density at radius 1 is 1.22 bits per heavy atom. The first-order chi connectivity index (χ1) is 11.1. The van der Waals surface area contributed by atoms with Crippen LogP contribution in [-0.2, 0) is 14.3 Å². The topological polar surface area (TPSA) is 109 Å². The van der Waals surface area contributed by atoms with E-state index in [4.69, 9.17) is 4.74 Å². The standard InChI is InChI=1S/C15H18N4O4/c1-23-8-4-7-16-14(21)15(22)17-9-12-10-5-2-3-6-11(10)13(20)19-18-12/h2-3,5-6,12H,4,7-9H2,1H3,(H,16,21)(H,17,22). The van der Waals surface area contributed by atoms with Gasteiger partial charge in [-0.3, -0.25) is 14.4 Å². The minimum atomic E-state index is -0.744. The van der Waals surface area contributed by atoms with Crippen molar-refractivity contribution in [1.82, 2.24) is 10.6 Å². The molecule has 0 saturated carbocycles. The highest BCUT2D eigenvalue weighted by Gasteiger charge is 2.24. The van der Waals surface area contributed by atoms with E-state index in [-0.39, 0.29) is 6.54 Å². The van der Waals surface area contributed by atoms with Crippen LogP contribution in [0.1, 0.15) is 28.4 Å². The van der Waals surface area contributed by atoms with Gasteiger partial charge < -0.3 is 15.4 Å². The molecular formula is C15H18N4O4. The molecule has 0 fully saturated rings. The second-order valence-electron chi connectivity index (χ2n) is 4.94. The predicted molar refractivity (Wildman–Crippen MR) is 80.9 cm³/mol. The van der Waals surface area contributed by atoms with Crippen molar-refractivity contribution in [3.8, 4) is 0 Å². The molecule has 23 heavy (non-hydrogen) atoms. The Kier molecular flexibility index (Phi) is 5.93. The fourth-order valence-corrected chi connectivity index (χ4v) is 2.14. The molecule has 0 aliphatic carbocycles. The SMILES string of the molecule is COCCCNC(=O)C(=O)NCC1N=NC(=O)c2ccccc21. The summed E-state index contributed by atoms with van der Waals surface area (Å²) in [6, 6.07) is 6.46. The molecule has 0 bridgehead atoms. The summed E-state index contributed by atoms with van der Waals surface area (Å²) in [7, 11) is 1.57. The predicted octanol–water partition coefficient (Wildman–Crippen LogP) is 0.603. The number of nitrogens with zero attached hydrogens (tertiary/aromatic N) is 2. The number of hydrogen-bond donors (Lipinski definition) is 2. The lowest BCUT2D eigenvalue weighted by molar-refractivity contribution is -0.139. The Bertz CT molecular complexity index is 630. The highest BCUT2D eigenvalue weighted by Crippen LogP contribution is 2.26. The molecular weight excluding hydrogens is 300 g/mol. The van der Waals surface area contributed by atoms with Crippen molar-refractivity contribution in [3.05, 3.63) is 35.4 Å². The van der Waals surface area contributed by atoms with E-state index in [0.29, 0.717) is 30.7 Å². The fourth-order valence-electron chi connectivity index (χ4n) is 2.14. The Hall–Kier alpha value is -2.61. The van der Waals surface area contributed by atoms with E-state index in [1.807, 2.05) is 0 Å². The number of nitrogens with one attached hydrogen (secondary N) is 2. The minimum Gasteiger partial charge on any atom is -0.385 e. The van der Waals surface area contributed by atoms with E-state index >= 15 is 0 Å². The molecule has 0 aromatic heterocycles. The van der Waals surface area contributed by atoms with E-state index in [1.165, 1.54) is 0 Å². The molecule has 8 heteroatoms. The number of carbonyl (C=O) groups is 3. The summed E-state index contributed by atoms with van der Waals surface area (Å²) in [5, 5.41) is 12.4. The third kappa shape index (κ3) is 4.43. The lowest BCUT2D eigenvalue weighted by atomic mass is 9.99. The summed E-state index contributed by atoms with van der Waals surface area (Å²) >= 11 is 0. The van der Waals surface area contributed by atoms with Crippen LogP contribution in [0.4, 0.5) is 0 Å². The molecule has 1 heterocycles. The Balaban J connectivity index is 1.86. The van der Waals surface area contributed by atoms with Gasteiger partial charge in [0.2, 0.25) is 0 Å². The van der Waals surface area contributed by atoms with Gasteiger partial charge >= 0.3 is 11.8 Å². The summed E-state index contributed by atoms with van der Waals surface area (Å²) < 4.78 is 4.85. The molecule has 2 N–H and O–H groups in total. The van der Waals surface area contributed by atoms with Crippen molar-refractivity contribution < 1.29 is 19.1 Å². The van der Waals surface area contributed by atoms with Gasteiger partial charge in [0.25, 0.3) is 5.91 Å². The second-order valence-corrected chi connectivity index (χ2v) is 4.94.